The molecule has 0 saturated heterocycles. The van der Waals surface area contributed by atoms with Crippen LogP contribution >= 0.6 is 0 Å². The molecule has 0 aliphatic rings. The van der Waals surface area contributed by atoms with Gasteiger partial charge < -0.3 is 20.7 Å². The van der Waals surface area contributed by atoms with Crippen molar-refractivity contribution >= 4 is 39.5 Å². The van der Waals surface area contributed by atoms with Crippen molar-refractivity contribution in [2.24, 2.45) is 0 Å². The summed E-state index contributed by atoms with van der Waals surface area (Å²) in [7, 11) is -4.10. The number of aromatic nitrogens is 1. The van der Waals surface area contributed by atoms with Gasteiger partial charge in [-0.25, -0.2) is 22.7 Å². The highest BCUT2D eigenvalue weighted by Gasteiger charge is 2.23. The number of nitrogens with zero attached hydrogens (tertiary/aromatic N) is 1. The van der Waals surface area contributed by atoms with Gasteiger partial charge in [0.25, 0.3) is 15.9 Å². The van der Waals surface area contributed by atoms with E-state index in [0.717, 1.165) is 5.56 Å². The summed E-state index contributed by atoms with van der Waals surface area (Å²) < 4.78 is 31.8. The van der Waals surface area contributed by atoms with E-state index in [0.29, 0.717) is 5.56 Å². The van der Waals surface area contributed by atoms with Gasteiger partial charge in [-0.1, -0.05) is 29.8 Å². The molecule has 0 radical (unpaired) electrons. The topological polar surface area (TPSA) is 173 Å². The number of carbonyl (C=O) groups is 4. The van der Waals surface area contributed by atoms with Crippen LogP contribution in [0.15, 0.2) is 78.0 Å². The fraction of sp³-hybridized carbons (Fsp3) is 0.222. The van der Waals surface area contributed by atoms with E-state index in [1.54, 1.807) is 50.5 Å². The molecule has 0 aliphatic heterocycles. The molecule has 3 aromatic rings. The summed E-state index contributed by atoms with van der Waals surface area (Å²) >= 11 is 0. The summed E-state index contributed by atoms with van der Waals surface area (Å²) in [5.41, 5.74) is 1.82. The van der Waals surface area contributed by atoms with Gasteiger partial charge in [-0.3, -0.25) is 14.6 Å². The predicted molar refractivity (Wildman–Crippen MR) is 146 cm³/mol. The van der Waals surface area contributed by atoms with Crippen molar-refractivity contribution < 1.29 is 32.3 Å². The Bertz CT molecular complexity index is 1460. The third-order valence-corrected chi connectivity index (χ3v) is 6.77. The van der Waals surface area contributed by atoms with Crippen LogP contribution in [0.4, 0.5) is 10.5 Å². The van der Waals surface area contributed by atoms with Crippen molar-refractivity contribution in [1.29, 1.82) is 0 Å². The van der Waals surface area contributed by atoms with E-state index in [9.17, 15) is 27.6 Å². The summed E-state index contributed by atoms with van der Waals surface area (Å²) in [5, 5.41) is 7.37. The molecule has 0 saturated carbocycles. The maximum absolute atomic E-state index is 12.6. The molecule has 1 unspecified atom stereocenters. The zero-order valence-corrected chi connectivity index (χ0v) is 22.7. The molecule has 3 rings (SSSR count). The number of aryl methyl sites for hydroxylation is 1. The Kier molecular flexibility index (Phi) is 10.3. The molecular formula is C27H29N5O7S. The molecular weight excluding hydrogens is 538 g/mol. The van der Waals surface area contributed by atoms with E-state index in [-0.39, 0.29) is 29.2 Å². The van der Waals surface area contributed by atoms with Crippen LogP contribution in [0.1, 0.15) is 28.4 Å². The first kappa shape index (κ1) is 29.8. The van der Waals surface area contributed by atoms with Crippen molar-refractivity contribution in [1.82, 2.24) is 20.3 Å². The lowest BCUT2D eigenvalue weighted by molar-refractivity contribution is -0.147. The number of sulfonamides is 1. The Labute approximate surface area is 231 Å². The van der Waals surface area contributed by atoms with Crippen molar-refractivity contribution in [3.05, 3.63) is 89.7 Å². The van der Waals surface area contributed by atoms with Gasteiger partial charge in [-0.2, -0.15) is 0 Å². The predicted octanol–water partition coefficient (Wildman–Crippen LogP) is 1.92. The molecule has 0 spiro atoms. The number of amides is 4. The van der Waals surface area contributed by atoms with Crippen LogP contribution in [-0.2, 0) is 30.8 Å². The van der Waals surface area contributed by atoms with Gasteiger partial charge in [-0.15, -0.1) is 0 Å². The van der Waals surface area contributed by atoms with Gasteiger partial charge in [0.15, 0.2) is 0 Å². The minimum atomic E-state index is -4.10. The monoisotopic (exact) mass is 567 g/mol. The van der Waals surface area contributed by atoms with Crippen molar-refractivity contribution in [3.8, 4) is 0 Å². The number of urea groups is 1. The lowest BCUT2D eigenvalue weighted by atomic mass is 10.1. The number of anilines is 1. The maximum Gasteiger partial charge on any atom is 0.333 e. The van der Waals surface area contributed by atoms with Crippen LogP contribution in [0.3, 0.4) is 0 Å². The van der Waals surface area contributed by atoms with Crippen molar-refractivity contribution in [2.75, 3.05) is 18.5 Å². The van der Waals surface area contributed by atoms with Crippen LogP contribution in [0.25, 0.3) is 0 Å². The Hall–Kier alpha value is -4.78. The molecule has 1 atom stereocenters. The normalized spacial score (nSPS) is 11.6. The largest absolute Gasteiger partial charge is 0.464 e. The third kappa shape index (κ3) is 8.91. The van der Waals surface area contributed by atoms with E-state index >= 15 is 0 Å². The van der Waals surface area contributed by atoms with Crippen LogP contribution in [0.5, 0.6) is 0 Å². The standard InChI is InChI=1S/C27H29N5O7S/c1-3-39-26(35)23(14-19-6-5-13-28-16-19)31-24(33)17-29-25(34)20-7-4-8-21(15-20)30-27(36)32-40(37,38)22-11-9-18(2)10-12-22/h4-13,15-16,23H,3,14,17H2,1-2H3,(H,29,34)(H,31,33)(H2,30,32,36). The smallest absolute Gasteiger partial charge is 0.333 e. The number of hydrogen-bond acceptors (Lipinski definition) is 8. The Morgan fingerprint density at radius 2 is 1.75 bits per heavy atom. The second-order valence-corrected chi connectivity index (χ2v) is 10.3. The van der Waals surface area contributed by atoms with Crippen LogP contribution in [0.2, 0.25) is 0 Å². The average molecular weight is 568 g/mol. The maximum atomic E-state index is 12.6. The third-order valence-electron chi connectivity index (χ3n) is 5.42. The van der Waals surface area contributed by atoms with Crippen LogP contribution < -0.4 is 20.7 Å². The first-order valence-corrected chi connectivity index (χ1v) is 13.7. The van der Waals surface area contributed by atoms with Gasteiger partial charge in [0.05, 0.1) is 18.0 Å². The quantitative estimate of drug-likeness (QED) is 0.254. The van der Waals surface area contributed by atoms with Crippen LogP contribution in [-0.4, -0.2) is 56.4 Å². The second kappa shape index (κ2) is 13.8. The molecule has 4 N–H and O–H groups in total. The minimum Gasteiger partial charge on any atom is -0.464 e. The lowest BCUT2D eigenvalue weighted by Gasteiger charge is -2.17. The Morgan fingerprint density at radius 3 is 2.42 bits per heavy atom. The number of ether oxygens (including phenoxy) is 1. The van der Waals surface area contributed by atoms with Crippen molar-refractivity contribution in [3.63, 3.8) is 0 Å². The number of rotatable bonds is 11. The molecule has 4 amide bonds. The number of esters is 1. The summed E-state index contributed by atoms with van der Waals surface area (Å²) in [6.45, 7) is 3.15. The van der Waals surface area contributed by atoms with Crippen molar-refractivity contribution in [2.45, 2.75) is 31.2 Å². The summed E-state index contributed by atoms with van der Waals surface area (Å²) in [6.07, 6.45) is 3.31. The molecule has 210 valence electrons. The fourth-order valence-electron chi connectivity index (χ4n) is 3.49. The number of pyridine rings is 1. The molecule has 0 fully saturated rings. The number of hydrogen-bond donors (Lipinski definition) is 4. The van der Waals surface area contributed by atoms with E-state index in [2.05, 4.69) is 20.9 Å². The summed E-state index contributed by atoms with van der Waals surface area (Å²) in [5.74, 6) is -1.87. The van der Waals surface area contributed by atoms with Gasteiger partial charge >= 0.3 is 12.0 Å². The SMILES string of the molecule is CCOC(=O)C(Cc1cccnc1)NC(=O)CNC(=O)c1cccc(NC(=O)NS(=O)(=O)c2ccc(C)cc2)c1. The summed E-state index contributed by atoms with van der Waals surface area (Å²) in [6, 6.07) is 13.1. The van der Waals surface area contributed by atoms with Gasteiger partial charge in [-0.05, 0) is 55.8 Å². The first-order chi connectivity index (χ1) is 19.1. The van der Waals surface area contributed by atoms with Gasteiger partial charge in [0.1, 0.15) is 6.04 Å². The molecule has 2 aromatic carbocycles. The van der Waals surface area contributed by atoms with Gasteiger partial charge in [0.2, 0.25) is 5.91 Å². The Morgan fingerprint density at radius 1 is 1.00 bits per heavy atom. The zero-order chi connectivity index (χ0) is 29.1. The Balaban J connectivity index is 1.56. The molecule has 1 heterocycles. The molecule has 12 nitrogen and oxygen atoms in total. The minimum absolute atomic E-state index is 0.0784. The number of benzene rings is 2. The number of carbonyl (C=O) groups excluding carboxylic acids is 4. The summed E-state index contributed by atoms with van der Waals surface area (Å²) in [4.78, 5) is 53.7. The number of nitrogens with one attached hydrogen (secondary N) is 4. The van der Waals surface area contributed by atoms with E-state index in [1.165, 1.54) is 36.4 Å². The fourth-order valence-corrected chi connectivity index (χ4v) is 4.40. The molecule has 0 bridgehead atoms. The van der Waals surface area contributed by atoms with E-state index in [4.69, 9.17) is 4.74 Å². The molecule has 13 heteroatoms. The van der Waals surface area contributed by atoms with Crippen LogP contribution in [0, 0.1) is 6.92 Å². The molecule has 40 heavy (non-hydrogen) atoms. The molecule has 1 aromatic heterocycles. The van der Waals surface area contributed by atoms with E-state index < -0.39 is 46.4 Å². The highest BCUT2D eigenvalue weighted by molar-refractivity contribution is 7.90. The molecule has 0 aliphatic carbocycles. The second-order valence-electron chi connectivity index (χ2n) is 8.57. The lowest BCUT2D eigenvalue weighted by Crippen LogP contribution is -2.47. The first-order valence-electron chi connectivity index (χ1n) is 12.2. The van der Waals surface area contributed by atoms with E-state index in [1.807, 2.05) is 4.72 Å². The average Bonchev–Trinajstić information content (AvgIpc) is 2.92. The highest BCUT2D eigenvalue weighted by atomic mass is 32.2. The highest BCUT2D eigenvalue weighted by Crippen LogP contribution is 2.13. The van der Waals surface area contributed by atoms with Gasteiger partial charge in [0, 0.05) is 30.1 Å². The zero-order valence-electron chi connectivity index (χ0n) is 21.8.